The van der Waals surface area contributed by atoms with Crippen molar-refractivity contribution in [3.63, 3.8) is 0 Å². The predicted octanol–water partition coefficient (Wildman–Crippen LogP) is 2.39. The molecule has 1 atom stereocenters. The van der Waals surface area contributed by atoms with E-state index in [2.05, 4.69) is 17.0 Å². The molecule has 1 aromatic heterocycles. The Balaban J connectivity index is 2.98. The van der Waals surface area contributed by atoms with Gasteiger partial charge < -0.3 is 14.5 Å². The van der Waals surface area contributed by atoms with E-state index in [1.54, 1.807) is 13.0 Å². The number of hydrogen-bond acceptors (Lipinski definition) is 4. The summed E-state index contributed by atoms with van der Waals surface area (Å²) in [6.07, 6.45) is 1.92. The van der Waals surface area contributed by atoms with Gasteiger partial charge in [0.05, 0.1) is 7.11 Å². The van der Waals surface area contributed by atoms with Crippen LogP contribution in [0, 0.1) is 6.92 Å². The Kier molecular flexibility index (Phi) is 4.52. The summed E-state index contributed by atoms with van der Waals surface area (Å²) in [7, 11) is 3.26. The van der Waals surface area contributed by atoms with E-state index in [9.17, 15) is 4.79 Å². The lowest BCUT2D eigenvalue weighted by atomic mass is 10.1. The van der Waals surface area contributed by atoms with Gasteiger partial charge >= 0.3 is 5.97 Å². The molecule has 0 aliphatic rings. The fourth-order valence-corrected chi connectivity index (χ4v) is 1.47. The number of hydrogen-bond donors (Lipinski definition) is 1. The van der Waals surface area contributed by atoms with Gasteiger partial charge in [-0.05, 0) is 40.0 Å². The first-order valence-electron chi connectivity index (χ1n) is 5.53. The van der Waals surface area contributed by atoms with Gasteiger partial charge in [0.15, 0.2) is 0 Å². The van der Waals surface area contributed by atoms with E-state index >= 15 is 0 Å². The Morgan fingerprint density at radius 1 is 1.59 bits per heavy atom. The largest absolute Gasteiger partial charge is 0.465 e. The lowest BCUT2D eigenvalue weighted by molar-refractivity contribution is 0.0599. The Morgan fingerprint density at radius 3 is 2.76 bits per heavy atom. The lowest BCUT2D eigenvalue weighted by Crippen LogP contribution is -2.21. The van der Waals surface area contributed by atoms with Crippen molar-refractivity contribution in [2.75, 3.05) is 14.2 Å². The molecule has 0 aliphatic carbocycles. The topological polar surface area (TPSA) is 51.5 Å². The number of rotatable bonds is 4. The average Bonchev–Trinajstić information content (AvgIpc) is 2.67. The molecule has 1 N–H and O–H groups in total. The van der Waals surface area contributed by atoms with Crippen LogP contribution in [0.4, 0.5) is 0 Å². The predicted molar refractivity (Wildman–Crippen MR) is 67.0 cm³/mol. The number of ether oxygens (including phenoxy) is 1. The number of esters is 1. The summed E-state index contributed by atoms with van der Waals surface area (Å²) in [6, 6.07) is 1.97. The monoisotopic (exact) mass is 237 g/mol. The molecule has 1 heterocycles. The van der Waals surface area contributed by atoms with Crippen LogP contribution in [0.25, 0.3) is 6.08 Å². The average molecular weight is 237 g/mol. The highest BCUT2D eigenvalue weighted by Gasteiger charge is 2.14. The van der Waals surface area contributed by atoms with E-state index < -0.39 is 0 Å². The molecule has 94 valence electrons. The molecule has 4 heteroatoms. The third-order valence-corrected chi connectivity index (χ3v) is 2.83. The molecule has 0 aliphatic heterocycles. The summed E-state index contributed by atoms with van der Waals surface area (Å²) in [4.78, 5) is 11.4. The Bertz CT molecular complexity index is 432. The highest BCUT2D eigenvalue weighted by atomic mass is 16.5. The Morgan fingerprint density at radius 2 is 2.24 bits per heavy atom. The Hall–Kier alpha value is -1.55. The number of aryl methyl sites for hydroxylation is 1. The number of nitrogens with one attached hydrogen (secondary N) is 1. The zero-order valence-electron chi connectivity index (χ0n) is 11.0. The van der Waals surface area contributed by atoms with Crippen molar-refractivity contribution in [2.45, 2.75) is 26.8 Å². The van der Waals surface area contributed by atoms with Gasteiger partial charge in [-0.3, -0.25) is 0 Å². The first-order chi connectivity index (χ1) is 7.99. The fraction of sp³-hybridized carbons (Fsp3) is 0.462. The van der Waals surface area contributed by atoms with Crippen molar-refractivity contribution in [1.29, 1.82) is 0 Å². The highest BCUT2D eigenvalue weighted by Crippen LogP contribution is 2.18. The van der Waals surface area contributed by atoms with E-state index in [0.717, 1.165) is 5.57 Å². The fourth-order valence-electron chi connectivity index (χ4n) is 1.47. The van der Waals surface area contributed by atoms with E-state index in [-0.39, 0.29) is 12.0 Å². The van der Waals surface area contributed by atoms with Gasteiger partial charge in [0.1, 0.15) is 17.1 Å². The summed E-state index contributed by atoms with van der Waals surface area (Å²) in [5.74, 6) is 0.876. The number of carbonyl (C=O) groups excluding carboxylic acids is 1. The standard InChI is InChI=1S/C13H19NO3/c1-8(9(2)14-4)6-11-7-12(10(3)17-11)13(15)16-5/h6-7,9,14H,1-5H3. The molecule has 0 spiro atoms. The molecule has 1 aromatic rings. The van der Waals surface area contributed by atoms with Gasteiger partial charge in [-0.25, -0.2) is 4.79 Å². The summed E-state index contributed by atoms with van der Waals surface area (Å²) in [5, 5.41) is 3.14. The minimum atomic E-state index is -0.370. The van der Waals surface area contributed by atoms with Crippen LogP contribution in [0.1, 0.15) is 35.7 Å². The molecule has 4 nitrogen and oxygen atoms in total. The third-order valence-electron chi connectivity index (χ3n) is 2.83. The second-order valence-corrected chi connectivity index (χ2v) is 4.01. The van der Waals surface area contributed by atoms with E-state index in [0.29, 0.717) is 17.1 Å². The molecule has 0 radical (unpaired) electrons. The lowest BCUT2D eigenvalue weighted by Gasteiger charge is -2.09. The number of furan rings is 1. The van der Waals surface area contributed by atoms with Crippen LogP contribution < -0.4 is 5.32 Å². The molecule has 0 aromatic carbocycles. The number of methoxy groups -OCH3 is 1. The van der Waals surface area contributed by atoms with Crippen molar-refractivity contribution in [3.05, 3.63) is 28.7 Å². The maximum atomic E-state index is 11.4. The summed E-state index contributed by atoms with van der Waals surface area (Å²) < 4.78 is 10.2. The van der Waals surface area contributed by atoms with E-state index in [1.165, 1.54) is 7.11 Å². The maximum Gasteiger partial charge on any atom is 0.341 e. The molecule has 0 amide bonds. The molecular formula is C13H19NO3. The van der Waals surface area contributed by atoms with Crippen molar-refractivity contribution in [2.24, 2.45) is 0 Å². The van der Waals surface area contributed by atoms with Crippen molar-refractivity contribution >= 4 is 12.0 Å². The van der Waals surface area contributed by atoms with Crippen LogP contribution in [-0.4, -0.2) is 26.2 Å². The van der Waals surface area contributed by atoms with Crippen molar-refractivity contribution in [1.82, 2.24) is 5.32 Å². The smallest absolute Gasteiger partial charge is 0.341 e. The minimum absolute atomic E-state index is 0.266. The molecular weight excluding hydrogens is 218 g/mol. The van der Waals surface area contributed by atoms with Gasteiger partial charge in [0.2, 0.25) is 0 Å². The van der Waals surface area contributed by atoms with Gasteiger partial charge in [0, 0.05) is 6.04 Å². The zero-order valence-corrected chi connectivity index (χ0v) is 11.0. The third kappa shape index (κ3) is 3.20. The molecule has 1 unspecified atom stereocenters. The zero-order chi connectivity index (χ0) is 13.0. The molecule has 0 saturated heterocycles. The second-order valence-electron chi connectivity index (χ2n) is 4.01. The van der Waals surface area contributed by atoms with Crippen LogP contribution in [0.3, 0.4) is 0 Å². The summed E-state index contributed by atoms with van der Waals surface area (Å²) in [5.41, 5.74) is 1.61. The first kappa shape index (κ1) is 13.5. The molecule has 0 fully saturated rings. The maximum absolute atomic E-state index is 11.4. The van der Waals surface area contributed by atoms with E-state index in [4.69, 9.17) is 4.42 Å². The van der Waals surface area contributed by atoms with Crippen LogP contribution in [0.2, 0.25) is 0 Å². The highest BCUT2D eigenvalue weighted by molar-refractivity contribution is 5.91. The van der Waals surface area contributed by atoms with Crippen LogP contribution in [0.15, 0.2) is 16.1 Å². The molecule has 0 saturated carbocycles. The summed E-state index contributed by atoms with van der Waals surface area (Å²) in [6.45, 7) is 5.82. The SMILES string of the molecule is CNC(C)C(C)=Cc1cc(C(=O)OC)c(C)o1. The molecule has 1 rings (SSSR count). The van der Waals surface area contributed by atoms with Gasteiger partial charge in [-0.15, -0.1) is 0 Å². The minimum Gasteiger partial charge on any atom is -0.465 e. The second kappa shape index (κ2) is 5.68. The molecule has 0 bridgehead atoms. The number of carbonyl (C=O) groups is 1. The number of likely N-dealkylation sites (N-methyl/N-ethyl adjacent to an activating group) is 1. The summed E-state index contributed by atoms with van der Waals surface area (Å²) >= 11 is 0. The first-order valence-corrected chi connectivity index (χ1v) is 5.53. The normalized spacial score (nSPS) is 13.6. The quantitative estimate of drug-likeness (QED) is 0.817. The van der Waals surface area contributed by atoms with Crippen LogP contribution >= 0.6 is 0 Å². The van der Waals surface area contributed by atoms with Crippen LogP contribution in [0.5, 0.6) is 0 Å². The van der Waals surface area contributed by atoms with Gasteiger partial charge in [-0.2, -0.15) is 0 Å². The molecule has 17 heavy (non-hydrogen) atoms. The van der Waals surface area contributed by atoms with Crippen molar-refractivity contribution < 1.29 is 13.9 Å². The van der Waals surface area contributed by atoms with Gasteiger partial charge in [-0.1, -0.05) is 5.57 Å². The Labute approximate surface area is 102 Å². The van der Waals surface area contributed by atoms with Crippen molar-refractivity contribution in [3.8, 4) is 0 Å². The van der Waals surface area contributed by atoms with Crippen LogP contribution in [-0.2, 0) is 4.74 Å². The van der Waals surface area contributed by atoms with E-state index in [1.807, 2.05) is 20.0 Å². The van der Waals surface area contributed by atoms with Gasteiger partial charge in [0.25, 0.3) is 0 Å².